The van der Waals surface area contributed by atoms with Crippen molar-refractivity contribution in [3.63, 3.8) is 0 Å². The van der Waals surface area contributed by atoms with Crippen molar-refractivity contribution in [1.82, 2.24) is 15.2 Å². The molecule has 0 aliphatic rings. The fourth-order valence-corrected chi connectivity index (χ4v) is 1.29. The molecule has 2 heterocycles. The molecule has 0 amide bonds. The number of hydrogen-bond acceptors (Lipinski definition) is 5. The normalized spacial score (nSPS) is 10.6. The second-order valence-corrected chi connectivity index (χ2v) is 3.32. The zero-order valence-electron chi connectivity index (χ0n) is 8.64. The lowest BCUT2D eigenvalue weighted by atomic mass is 10.3. The van der Waals surface area contributed by atoms with E-state index in [0.717, 1.165) is 6.42 Å². The average Bonchev–Trinajstić information content (AvgIpc) is 2.75. The van der Waals surface area contributed by atoms with Crippen molar-refractivity contribution in [1.29, 1.82) is 0 Å². The largest absolute Gasteiger partial charge is 0.419 e. The molecule has 0 fully saturated rings. The molecule has 84 valence electrons. The molecule has 2 rings (SSSR count). The highest BCUT2D eigenvalue weighted by Gasteiger charge is 2.08. The summed E-state index contributed by atoms with van der Waals surface area (Å²) in [5, 5.41) is 7.72. The van der Waals surface area contributed by atoms with Crippen LogP contribution in [0.25, 0.3) is 11.6 Å². The summed E-state index contributed by atoms with van der Waals surface area (Å²) in [6.45, 7) is 0.583. The van der Waals surface area contributed by atoms with E-state index >= 15 is 0 Å². The molecule has 0 saturated heterocycles. The molecule has 0 aromatic carbocycles. The van der Waals surface area contributed by atoms with E-state index in [-0.39, 0.29) is 5.56 Å². The maximum Gasteiger partial charge on any atom is 0.264 e. The third kappa shape index (κ3) is 2.34. The average molecular weight is 220 g/mol. The van der Waals surface area contributed by atoms with E-state index in [1.807, 2.05) is 0 Å². The zero-order chi connectivity index (χ0) is 11.4. The lowest BCUT2D eigenvalue weighted by Crippen LogP contribution is -2.03. The highest BCUT2D eigenvalue weighted by atomic mass is 16.4. The van der Waals surface area contributed by atoms with Crippen LogP contribution in [0.3, 0.4) is 0 Å². The van der Waals surface area contributed by atoms with E-state index < -0.39 is 0 Å². The smallest absolute Gasteiger partial charge is 0.264 e. The molecule has 2 aromatic rings. The van der Waals surface area contributed by atoms with Crippen LogP contribution in [0.2, 0.25) is 0 Å². The third-order valence-corrected chi connectivity index (χ3v) is 2.06. The van der Waals surface area contributed by atoms with Crippen molar-refractivity contribution in [3.8, 4) is 11.6 Å². The highest BCUT2D eigenvalue weighted by Crippen LogP contribution is 2.13. The van der Waals surface area contributed by atoms with Crippen molar-refractivity contribution >= 4 is 0 Å². The molecule has 0 bridgehead atoms. The van der Waals surface area contributed by atoms with E-state index in [1.165, 1.54) is 6.07 Å². The maximum absolute atomic E-state index is 11.1. The summed E-state index contributed by atoms with van der Waals surface area (Å²) in [7, 11) is 0. The van der Waals surface area contributed by atoms with Crippen LogP contribution in [-0.2, 0) is 6.42 Å². The van der Waals surface area contributed by atoms with Crippen molar-refractivity contribution in [2.45, 2.75) is 12.8 Å². The van der Waals surface area contributed by atoms with Gasteiger partial charge in [-0.2, -0.15) is 0 Å². The Labute approximate surface area is 91.5 Å². The molecular weight excluding hydrogens is 208 g/mol. The number of rotatable bonds is 4. The fourth-order valence-electron chi connectivity index (χ4n) is 1.29. The molecule has 0 saturated carbocycles. The minimum Gasteiger partial charge on any atom is -0.419 e. The molecule has 2 aromatic heterocycles. The number of nitrogens with one attached hydrogen (secondary N) is 1. The van der Waals surface area contributed by atoms with Gasteiger partial charge in [0.15, 0.2) is 0 Å². The zero-order valence-corrected chi connectivity index (χ0v) is 8.64. The minimum absolute atomic E-state index is 0.195. The minimum atomic E-state index is -0.195. The standard InChI is InChI=1S/C10H12N4O2/c11-6-2-5-9-13-14-10(16-9)7-3-1-4-8(15)12-7/h1,3-4H,2,5-6,11H2,(H,12,15). The summed E-state index contributed by atoms with van der Waals surface area (Å²) in [4.78, 5) is 13.7. The van der Waals surface area contributed by atoms with Crippen LogP contribution < -0.4 is 11.3 Å². The van der Waals surface area contributed by atoms with Crippen LogP contribution in [0.1, 0.15) is 12.3 Å². The molecule has 0 radical (unpaired) electrons. The number of aryl methyl sites for hydroxylation is 1. The predicted octanol–water partition coefficient (Wildman–Crippen LogP) is 0.316. The third-order valence-electron chi connectivity index (χ3n) is 2.06. The predicted molar refractivity (Wildman–Crippen MR) is 57.7 cm³/mol. The molecule has 0 spiro atoms. The lowest BCUT2D eigenvalue weighted by molar-refractivity contribution is 0.497. The quantitative estimate of drug-likeness (QED) is 0.773. The summed E-state index contributed by atoms with van der Waals surface area (Å²) in [6.07, 6.45) is 1.45. The highest BCUT2D eigenvalue weighted by molar-refractivity contribution is 5.44. The van der Waals surface area contributed by atoms with E-state index in [9.17, 15) is 4.79 Å². The summed E-state index contributed by atoms with van der Waals surface area (Å²) in [5.74, 6) is 0.856. The van der Waals surface area contributed by atoms with Crippen LogP contribution in [0.5, 0.6) is 0 Å². The lowest BCUT2D eigenvalue weighted by Gasteiger charge is -1.93. The van der Waals surface area contributed by atoms with Crippen molar-refractivity contribution in [2.24, 2.45) is 5.73 Å². The topological polar surface area (TPSA) is 97.8 Å². The number of nitrogens with zero attached hydrogens (tertiary/aromatic N) is 2. The molecule has 0 atom stereocenters. The maximum atomic E-state index is 11.1. The van der Waals surface area contributed by atoms with Gasteiger partial charge in [-0.15, -0.1) is 10.2 Å². The first kappa shape index (κ1) is 10.6. The second-order valence-electron chi connectivity index (χ2n) is 3.32. The van der Waals surface area contributed by atoms with Gasteiger partial charge in [-0.05, 0) is 19.0 Å². The van der Waals surface area contributed by atoms with Gasteiger partial charge in [0.1, 0.15) is 5.69 Å². The molecule has 3 N–H and O–H groups in total. The monoisotopic (exact) mass is 220 g/mol. The first-order valence-corrected chi connectivity index (χ1v) is 5.02. The summed E-state index contributed by atoms with van der Waals surface area (Å²) >= 11 is 0. The molecular formula is C10H12N4O2. The molecule has 16 heavy (non-hydrogen) atoms. The Bertz CT molecular complexity index is 517. The van der Waals surface area contributed by atoms with Gasteiger partial charge in [0.25, 0.3) is 5.89 Å². The Morgan fingerprint density at radius 2 is 2.25 bits per heavy atom. The van der Waals surface area contributed by atoms with Crippen LogP contribution in [0.15, 0.2) is 27.4 Å². The van der Waals surface area contributed by atoms with Gasteiger partial charge in [0.05, 0.1) is 0 Å². The van der Waals surface area contributed by atoms with Gasteiger partial charge in [0.2, 0.25) is 11.4 Å². The van der Waals surface area contributed by atoms with E-state index in [4.69, 9.17) is 10.2 Å². The van der Waals surface area contributed by atoms with Crippen LogP contribution >= 0.6 is 0 Å². The van der Waals surface area contributed by atoms with E-state index in [2.05, 4.69) is 15.2 Å². The van der Waals surface area contributed by atoms with Crippen LogP contribution in [0.4, 0.5) is 0 Å². The molecule has 0 aliphatic carbocycles. The van der Waals surface area contributed by atoms with Crippen molar-refractivity contribution < 1.29 is 4.42 Å². The Morgan fingerprint density at radius 1 is 1.38 bits per heavy atom. The summed E-state index contributed by atoms with van der Waals surface area (Å²) in [6, 6.07) is 4.77. The molecule has 0 unspecified atom stereocenters. The van der Waals surface area contributed by atoms with Crippen molar-refractivity contribution in [3.05, 3.63) is 34.4 Å². The molecule has 6 heteroatoms. The number of pyridine rings is 1. The Morgan fingerprint density at radius 3 is 3.00 bits per heavy atom. The number of aromatic nitrogens is 3. The number of hydrogen-bond donors (Lipinski definition) is 2. The first-order chi connectivity index (χ1) is 7.79. The summed E-state index contributed by atoms with van der Waals surface area (Å²) < 4.78 is 5.38. The van der Waals surface area contributed by atoms with E-state index in [0.29, 0.717) is 30.4 Å². The van der Waals surface area contributed by atoms with Gasteiger partial charge in [-0.3, -0.25) is 4.79 Å². The Balaban J connectivity index is 2.21. The Hall–Kier alpha value is -1.95. The number of aromatic amines is 1. The van der Waals surface area contributed by atoms with Gasteiger partial charge in [0, 0.05) is 12.5 Å². The Kier molecular flexibility index (Phi) is 3.11. The van der Waals surface area contributed by atoms with Crippen LogP contribution in [-0.4, -0.2) is 21.7 Å². The summed E-state index contributed by atoms with van der Waals surface area (Å²) in [5.41, 5.74) is 5.71. The van der Waals surface area contributed by atoms with Crippen molar-refractivity contribution in [2.75, 3.05) is 6.54 Å². The number of nitrogens with two attached hydrogens (primary N) is 1. The van der Waals surface area contributed by atoms with E-state index in [1.54, 1.807) is 12.1 Å². The SMILES string of the molecule is NCCCc1nnc(-c2cccc(=O)[nH]2)o1. The van der Waals surface area contributed by atoms with Gasteiger partial charge < -0.3 is 15.1 Å². The first-order valence-electron chi connectivity index (χ1n) is 5.02. The van der Waals surface area contributed by atoms with Gasteiger partial charge >= 0.3 is 0 Å². The number of H-pyrrole nitrogens is 1. The molecule has 0 aliphatic heterocycles. The fraction of sp³-hybridized carbons (Fsp3) is 0.300. The van der Waals surface area contributed by atoms with Gasteiger partial charge in [-0.25, -0.2) is 0 Å². The van der Waals surface area contributed by atoms with Crippen LogP contribution in [0, 0.1) is 0 Å². The molecule has 6 nitrogen and oxygen atoms in total. The van der Waals surface area contributed by atoms with Gasteiger partial charge in [-0.1, -0.05) is 6.07 Å². The second kappa shape index (κ2) is 4.71.